The van der Waals surface area contributed by atoms with Gasteiger partial charge in [0.2, 0.25) is 0 Å². The number of nitrogens with one attached hydrogen (secondary N) is 1. The zero-order valence-corrected chi connectivity index (χ0v) is 12.8. The molecule has 2 atom stereocenters. The maximum Gasteiger partial charge on any atom is 0.269 e. The molecule has 3 rings (SSSR count). The van der Waals surface area contributed by atoms with E-state index in [4.69, 9.17) is 9.47 Å². The molecule has 0 bridgehead atoms. The summed E-state index contributed by atoms with van der Waals surface area (Å²) in [5.74, 6) is 1.53. The van der Waals surface area contributed by atoms with Crippen LogP contribution < -0.4 is 14.8 Å². The molecule has 0 aliphatic carbocycles. The van der Waals surface area contributed by atoms with Crippen LogP contribution in [0.3, 0.4) is 0 Å². The van der Waals surface area contributed by atoms with Crippen molar-refractivity contribution >= 4 is 5.69 Å². The fraction of sp³-hybridized carbons (Fsp3) is 0.294. The first-order chi connectivity index (χ1) is 11.1. The second-order valence-electron chi connectivity index (χ2n) is 5.51. The van der Waals surface area contributed by atoms with Crippen molar-refractivity contribution in [1.29, 1.82) is 0 Å². The predicted octanol–water partition coefficient (Wildman–Crippen LogP) is 2.91. The number of nitro benzene ring substituents is 1. The topological polar surface area (TPSA) is 73.6 Å². The van der Waals surface area contributed by atoms with E-state index in [2.05, 4.69) is 5.32 Å². The Hall–Kier alpha value is -2.60. The standard InChI is InChI=1S/C17H18N2O4/c1-12(17-11-22-15-4-2-3-5-16(15)23-17)18-10-13-6-8-14(9-7-13)19(20)21/h2-9,12,17-18H,10-11H2,1H3/t12-,17+/m1/s1. The van der Waals surface area contributed by atoms with E-state index in [-0.39, 0.29) is 17.8 Å². The van der Waals surface area contributed by atoms with Gasteiger partial charge in [0.05, 0.1) is 4.92 Å². The SMILES string of the molecule is C[C@@H](NCc1ccc([N+](=O)[O-])cc1)[C@@H]1COc2ccccc2O1. The molecule has 6 nitrogen and oxygen atoms in total. The Labute approximate surface area is 134 Å². The van der Waals surface area contributed by atoms with Crippen LogP contribution in [0.25, 0.3) is 0 Å². The zero-order valence-electron chi connectivity index (χ0n) is 12.8. The summed E-state index contributed by atoms with van der Waals surface area (Å²) < 4.78 is 11.7. The first-order valence-electron chi connectivity index (χ1n) is 7.48. The van der Waals surface area contributed by atoms with Crippen molar-refractivity contribution in [3.8, 4) is 11.5 Å². The first kappa shape index (κ1) is 15.3. The molecule has 0 amide bonds. The second-order valence-corrected chi connectivity index (χ2v) is 5.51. The molecule has 120 valence electrons. The van der Waals surface area contributed by atoms with Gasteiger partial charge in [-0.25, -0.2) is 0 Å². The lowest BCUT2D eigenvalue weighted by Crippen LogP contribution is -2.45. The summed E-state index contributed by atoms with van der Waals surface area (Å²) in [6.45, 7) is 3.14. The van der Waals surface area contributed by atoms with Crippen LogP contribution in [-0.4, -0.2) is 23.7 Å². The van der Waals surface area contributed by atoms with Crippen LogP contribution in [0.4, 0.5) is 5.69 Å². The lowest BCUT2D eigenvalue weighted by atomic mass is 10.1. The average molecular weight is 314 g/mol. The maximum atomic E-state index is 10.6. The highest BCUT2D eigenvalue weighted by atomic mass is 16.6. The average Bonchev–Trinajstić information content (AvgIpc) is 2.59. The number of non-ortho nitro benzene ring substituents is 1. The first-order valence-corrected chi connectivity index (χ1v) is 7.48. The van der Waals surface area contributed by atoms with Crippen molar-refractivity contribution in [3.05, 3.63) is 64.2 Å². The van der Waals surface area contributed by atoms with Crippen molar-refractivity contribution in [2.75, 3.05) is 6.61 Å². The minimum atomic E-state index is -0.398. The van der Waals surface area contributed by atoms with Crippen molar-refractivity contribution in [3.63, 3.8) is 0 Å². The third-order valence-corrected chi connectivity index (χ3v) is 3.86. The molecular weight excluding hydrogens is 296 g/mol. The zero-order chi connectivity index (χ0) is 16.2. The quantitative estimate of drug-likeness (QED) is 0.678. The molecule has 0 fully saturated rings. The molecule has 1 heterocycles. The van der Waals surface area contributed by atoms with Gasteiger partial charge in [-0.1, -0.05) is 24.3 Å². The van der Waals surface area contributed by atoms with Crippen LogP contribution in [0, 0.1) is 10.1 Å². The van der Waals surface area contributed by atoms with Crippen molar-refractivity contribution in [2.45, 2.75) is 25.6 Å². The number of hydrogen-bond acceptors (Lipinski definition) is 5. The van der Waals surface area contributed by atoms with Crippen LogP contribution in [-0.2, 0) is 6.54 Å². The summed E-state index contributed by atoms with van der Waals surface area (Å²) in [5, 5.41) is 14.0. The van der Waals surface area contributed by atoms with E-state index in [0.717, 1.165) is 17.1 Å². The van der Waals surface area contributed by atoms with E-state index in [1.807, 2.05) is 31.2 Å². The highest BCUT2D eigenvalue weighted by molar-refractivity contribution is 5.40. The fourth-order valence-electron chi connectivity index (χ4n) is 2.43. The summed E-state index contributed by atoms with van der Waals surface area (Å²) in [6.07, 6.45) is -0.0806. The highest BCUT2D eigenvalue weighted by Gasteiger charge is 2.25. The summed E-state index contributed by atoms with van der Waals surface area (Å²) in [4.78, 5) is 10.2. The molecule has 0 saturated heterocycles. The minimum absolute atomic E-state index is 0.0806. The van der Waals surface area contributed by atoms with Crippen molar-refractivity contribution in [2.24, 2.45) is 0 Å². The molecule has 6 heteroatoms. The molecule has 0 unspecified atom stereocenters. The predicted molar refractivity (Wildman–Crippen MR) is 85.8 cm³/mol. The molecule has 1 N–H and O–H groups in total. The van der Waals surface area contributed by atoms with Crippen LogP contribution in [0.2, 0.25) is 0 Å². The number of nitrogens with zero attached hydrogens (tertiary/aromatic N) is 1. The van der Waals surface area contributed by atoms with Crippen molar-refractivity contribution in [1.82, 2.24) is 5.32 Å². The van der Waals surface area contributed by atoms with E-state index in [1.165, 1.54) is 12.1 Å². The fourth-order valence-corrected chi connectivity index (χ4v) is 2.43. The Bertz CT molecular complexity index is 687. The van der Waals surface area contributed by atoms with Crippen LogP contribution in [0.15, 0.2) is 48.5 Å². The van der Waals surface area contributed by atoms with Crippen molar-refractivity contribution < 1.29 is 14.4 Å². The summed E-state index contributed by atoms with van der Waals surface area (Å²) in [5.41, 5.74) is 1.09. The van der Waals surface area contributed by atoms with E-state index in [1.54, 1.807) is 12.1 Å². The number of ether oxygens (including phenoxy) is 2. The molecule has 1 aliphatic rings. The molecule has 1 aliphatic heterocycles. The van der Waals surface area contributed by atoms with Gasteiger partial charge in [0.25, 0.3) is 5.69 Å². The van der Waals surface area contributed by atoms with Gasteiger partial charge in [-0.3, -0.25) is 10.1 Å². The largest absolute Gasteiger partial charge is 0.486 e. The number of para-hydroxylation sites is 2. The van der Waals surface area contributed by atoms with Gasteiger partial charge in [-0.2, -0.15) is 0 Å². The Morgan fingerprint density at radius 2 is 1.91 bits per heavy atom. The molecule has 0 radical (unpaired) electrons. The van der Waals surface area contributed by atoms with Gasteiger partial charge in [0.1, 0.15) is 12.7 Å². The Balaban J connectivity index is 1.55. The smallest absolute Gasteiger partial charge is 0.269 e. The summed E-state index contributed by atoms with van der Waals surface area (Å²) in [7, 11) is 0. The molecule has 23 heavy (non-hydrogen) atoms. The normalized spacial score (nSPS) is 17.5. The molecule has 0 saturated carbocycles. The molecule has 2 aromatic carbocycles. The number of rotatable bonds is 5. The summed E-state index contributed by atoms with van der Waals surface area (Å²) >= 11 is 0. The number of fused-ring (bicyclic) bond motifs is 1. The third kappa shape index (κ3) is 3.60. The molecule has 0 spiro atoms. The minimum Gasteiger partial charge on any atom is -0.486 e. The van der Waals surface area contributed by atoms with Crippen LogP contribution >= 0.6 is 0 Å². The molecule has 0 aromatic heterocycles. The van der Waals surface area contributed by atoms with Gasteiger partial charge >= 0.3 is 0 Å². The summed E-state index contributed by atoms with van der Waals surface area (Å²) in [6, 6.07) is 14.2. The lowest BCUT2D eigenvalue weighted by molar-refractivity contribution is -0.384. The van der Waals surface area contributed by atoms with Gasteiger partial charge in [-0.05, 0) is 24.6 Å². The second kappa shape index (κ2) is 6.66. The Morgan fingerprint density at radius 3 is 2.61 bits per heavy atom. The monoisotopic (exact) mass is 314 g/mol. The van der Waals surface area contributed by atoms with E-state index in [0.29, 0.717) is 13.2 Å². The van der Waals surface area contributed by atoms with Gasteiger partial charge in [0.15, 0.2) is 11.5 Å². The number of nitro groups is 1. The van der Waals surface area contributed by atoms with Gasteiger partial charge in [0, 0.05) is 24.7 Å². The lowest BCUT2D eigenvalue weighted by Gasteiger charge is -2.31. The van der Waals surface area contributed by atoms with E-state index >= 15 is 0 Å². The van der Waals surface area contributed by atoms with E-state index in [9.17, 15) is 10.1 Å². The van der Waals surface area contributed by atoms with Gasteiger partial charge in [-0.15, -0.1) is 0 Å². The van der Waals surface area contributed by atoms with Crippen LogP contribution in [0.1, 0.15) is 12.5 Å². The molecule has 2 aromatic rings. The molecular formula is C17H18N2O4. The van der Waals surface area contributed by atoms with Crippen LogP contribution in [0.5, 0.6) is 11.5 Å². The Morgan fingerprint density at radius 1 is 1.22 bits per heavy atom. The highest BCUT2D eigenvalue weighted by Crippen LogP contribution is 2.31. The van der Waals surface area contributed by atoms with E-state index < -0.39 is 4.92 Å². The Kier molecular flexibility index (Phi) is 4.43. The third-order valence-electron chi connectivity index (χ3n) is 3.86. The number of benzene rings is 2. The maximum absolute atomic E-state index is 10.6. The number of hydrogen-bond donors (Lipinski definition) is 1. The van der Waals surface area contributed by atoms with Gasteiger partial charge < -0.3 is 14.8 Å².